The van der Waals surface area contributed by atoms with Crippen molar-refractivity contribution in [1.82, 2.24) is 5.32 Å². The lowest BCUT2D eigenvalue weighted by molar-refractivity contribution is -0.380. The zero-order chi connectivity index (χ0) is 13.8. The molecule has 1 fully saturated rings. The van der Waals surface area contributed by atoms with E-state index in [1.807, 2.05) is 0 Å². The minimum Gasteiger partial charge on any atom is -0.396 e. The van der Waals surface area contributed by atoms with Crippen molar-refractivity contribution in [2.75, 3.05) is 6.61 Å². The van der Waals surface area contributed by atoms with Crippen molar-refractivity contribution in [1.29, 1.82) is 0 Å². The van der Waals surface area contributed by atoms with Crippen molar-refractivity contribution in [3.05, 3.63) is 27.1 Å². The lowest BCUT2D eigenvalue weighted by atomic mass is 10.00. The highest BCUT2D eigenvalue weighted by molar-refractivity contribution is 7.17. The molecule has 2 rings (SSSR count). The molecule has 1 heterocycles. The van der Waals surface area contributed by atoms with E-state index in [4.69, 9.17) is 5.11 Å². The molecule has 0 spiro atoms. The number of aliphatic hydroxyl groups excluding tert-OH is 1. The summed E-state index contributed by atoms with van der Waals surface area (Å²) >= 11 is 0.887. The third kappa shape index (κ3) is 3.30. The summed E-state index contributed by atoms with van der Waals surface area (Å²) in [6.07, 6.45) is 3.65. The van der Waals surface area contributed by atoms with Gasteiger partial charge in [-0.2, -0.15) is 0 Å². The second kappa shape index (κ2) is 6.12. The van der Waals surface area contributed by atoms with Crippen LogP contribution < -0.4 is 5.32 Å². The molecular weight excluding hydrogens is 268 g/mol. The van der Waals surface area contributed by atoms with Crippen LogP contribution in [0.3, 0.4) is 0 Å². The van der Waals surface area contributed by atoms with Crippen LogP contribution in [0, 0.1) is 16.0 Å². The first-order valence-electron chi connectivity index (χ1n) is 6.27. The normalized spacial score (nSPS) is 22.4. The van der Waals surface area contributed by atoms with E-state index in [-0.39, 0.29) is 23.6 Å². The molecule has 1 aromatic heterocycles. The summed E-state index contributed by atoms with van der Waals surface area (Å²) < 4.78 is 0. The second-order valence-corrected chi connectivity index (χ2v) is 5.74. The molecule has 19 heavy (non-hydrogen) atoms. The van der Waals surface area contributed by atoms with Crippen LogP contribution in [-0.4, -0.2) is 28.6 Å². The molecule has 1 aliphatic rings. The highest BCUT2D eigenvalue weighted by Gasteiger charge is 2.28. The fraction of sp³-hybridized carbons (Fsp3) is 0.583. The highest BCUT2D eigenvalue weighted by Crippen LogP contribution is 2.29. The number of nitro groups is 1. The molecular formula is C12H16N2O4S. The number of hydrogen-bond acceptors (Lipinski definition) is 5. The van der Waals surface area contributed by atoms with Gasteiger partial charge in [0.2, 0.25) is 0 Å². The van der Waals surface area contributed by atoms with Gasteiger partial charge in [0, 0.05) is 18.7 Å². The zero-order valence-electron chi connectivity index (χ0n) is 10.4. The maximum Gasteiger partial charge on any atom is 0.324 e. The molecule has 0 unspecified atom stereocenters. The first kappa shape index (κ1) is 14.0. The van der Waals surface area contributed by atoms with E-state index in [1.54, 1.807) is 0 Å². The van der Waals surface area contributed by atoms with Gasteiger partial charge in [-0.15, -0.1) is 0 Å². The summed E-state index contributed by atoms with van der Waals surface area (Å²) in [5, 5.41) is 22.4. The predicted molar refractivity (Wildman–Crippen MR) is 71.3 cm³/mol. The van der Waals surface area contributed by atoms with Gasteiger partial charge in [0.15, 0.2) is 0 Å². The van der Waals surface area contributed by atoms with Crippen LogP contribution >= 0.6 is 11.3 Å². The standard InChI is InChI=1S/C12H16N2O4S/c15-7-6-8-2-1-3-9(8)13-12(16)10-4-5-11(19-10)14(17)18/h4-5,8-9,15H,1-3,6-7H2,(H,13,16)/t8-,9+/m1/s1. The van der Waals surface area contributed by atoms with Crippen molar-refractivity contribution in [3.8, 4) is 0 Å². The monoisotopic (exact) mass is 284 g/mol. The van der Waals surface area contributed by atoms with E-state index in [1.165, 1.54) is 12.1 Å². The second-order valence-electron chi connectivity index (χ2n) is 4.68. The Bertz CT molecular complexity index is 474. The van der Waals surface area contributed by atoms with Crippen molar-refractivity contribution in [3.63, 3.8) is 0 Å². The van der Waals surface area contributed by atoms with E-state index < -0.39 is 4.92 Å². The van der Waals surface area contributed by atoms with Crippen molar-refractivity contribution >= 4 is 22.2 Å². The molecule has 0 saturated heterocycles. The topological polar surface area (TPSA) is 92.5 Å². The van der Waals surface area contributed by atoms with Gasteiger partial charge in [-0.3, -0.25) is 14.9 Å². The molecule has 2 atom stereocenters. The summed E-state index contributed by atoms with van der Waals surface area (Å²) in [4.78, 5) is 22.4. The zero-order valence-corrected chi connectivity index (χ0v) is 11.2. The number of hydrogen-bond donors (Lipinski definition) is 2. The SMILES string of the molecule is O=C(N[C@H]1CCC[C@@H]1CCO)c1ccc([N+](=O)[O-])s1. The Morgan fingerprint density at radius 2 is 2.32 bits per heavy atom. The Morgan fingerprint density at radius 3 is 2.95 bits per heavy atom. The number of carbonyl (C=O) groups excluding carboxylic acids is 1. The molecule has 104 valence electrons. The van der Waals surface area contributed by atoms with Gasteiger partial charge in [-0.05, 0) is 31.2 Å². The Morgan fingerprint density at radius 1 is 1.53 bits per heavy atom. The molecule has 0 bridgehead atoms. The van der Waals surface area contributed by atoms with Gasteiger partial charge >= 0.3 is 5.00 Å². The maximum atomic E-state index is 12.0. The van der Waals surface area contributed by atoms with E-state index in [0.717, 1.165) is 30.6 Å². The molecule has 0 aliphatic heterocycles. The number of carbonyl (C=O) groups is 1. The maximum absolute atomic E-state index is 12.0. The number of nitrogens with zero attached hydrogens (tertiary/aromatic N) is 1. The molecule has 7 heteroatoms. The lowest BCUT2D eigenvalue weighted by Gasteiger charge is -2.19. The van der Waals surface area contributed by atoms with Gasteiger partial charge in [0.05, 0.1) is 9.80 Å². The number of nitrogens with one attached hydrogen (secondary N) is 1. The van der Waals surface area contributed by atoms with Gasteiger partial charge < -0.3 is 10.4 Å². The molecule has 1 saturated carbocycles. The van der Waals surface area contributed by atoms with Gasteiger partial charge in [-0.25, -0.2) is 0 Å². The lowest BCUT2D eigenvalue weighted by Crippen LogP contribution is -2.37. The summed E-state index contributed by atoms with van der Waals surface area (Å²) in [6.45, 7) is 0.126. The average molecular weight is 284 g/mol. The van der Waals surface area contributed by atoms with Crippen molar-refractivity contribution < 1.29 is 14.8 Å². The quantitative estimate of drug-likeness (QED) is 0.638. The molecule has 1 amide bonds. The average Bonchev–Trinajstić information content (AvgIpc) is 2.99. The highest BCUT2D eigenvalue weighted by atomic mass is 32.1. The van der Waals surface area contributed by atoms with E-state index >= 15 is 0 Å². The third-order valence-corrected chi connectivity index (χ3v) is 4.51. The summed E-state index contributed by atoms with van der Waals surface area (Å²) in [5.74, 6) is 0.0526. The Hall–Kier alpha value is -1.47. The van der Waals surface area contributed by atoms with E-state index in [0.29, 0.717) is 17.2 Å². The van der Waals surface area contributed by atoms with Gasteiger partial charge in [0.1, 0.15) is 0 Å². The fourth-order valence-corrected chi connectivity index (χ4v) is 3.25. The molecule has 1 aromatic rings. The first-order valence-corrected chi connectivity index (χ1v) is 7.09. The van der Waals surface area contributed by atoms with Crippen LogP contribution in [0.5, 0.6) is 0 Å². The van der Waals surface area contributed by atoms with Crippen LogP contribution in [0.1, 0.15) is 35.4 Å². The van der Waals surface area contributed by atoms with E-state index in [2.05, 4.69) is 5.32 Å². The number of amides is 1. The Kier molecular flexibility index (Phi) is 4.49. The number of rotatable bonds is 5. The number of thiophene rings is 1. The molecule has 0 radical (unpaired) electrons. The Balaban J connectivity index is 1.98. The van der Waals surface area contributed by atoms with Crippen molar-refractivity contribution in [2.24, 2.45) is 5.92 Å². The van der Waals surface area contributed by atoms with Crippen LogP contribution in [0.15, 0.2) is 12.1 Å². The summed E-state index contributed by atoms with van der Waals surface area (Å²) in [5.41, 5.74) is 0. The molecule has 2 N–H and O–H groups in total. The summed E-state index contributed by atoms with van der Waals surface area (Å²) in [7, 11) is 0. The summed E-state index contributed by atoms with van der Waals surface area (Å²) in [6, 6.07) is 2.90. The minimum absolute atomic E-state index is 0.0246. The molecule has 1 aliphatic carbocycles. The molecule has 6 nitrogen and oxygen atoms in total. The number of aliphatic hydroxyl groups is 1. The van der Waals surface area contributed by atoms with Crippen LogP contribution in [0.2, 0.25) is 0 Å². The van der Waals surface area contributed by atoms with E-state index in [9.17, 15) is 14.9 Å². The fourth-order valence-electron chi connectivity index (χ4n) is 2.53. The van der Waals surface area contributed by atoms with Gasteiger partial charge in [0.25, 0.3) is 5.91 Å². The van der Waals surface area contributed by atoms with Crippen LogP contribution in [0.4, 0.5) is 5.00 Å². The third-order valence-electron chi connectivity index (χ3n) is 3.47. The van der Waals surface area contributed by atoms with Crippen LogP contribution in [-0.2, 0) is 0 Å². The minimum atomic E-state index is -0.494. The van der Waals surface area contributed by atoms with Gasteiger partial charge in [-0.1, -0.05) is 17.8 Å². The largest absolute Gasteiger partial charge is 0.396 e. The predicted octanol–water partition coefficient (Wildman–Crippen LogP) is 1.94. The van der Waals surface area contributed by atoms with Crippen molar-refractivity contribution in [2.45, 2.75) is 31.7 Å². The molecule has 0 aromatic carbocycles. The Labute approximate surface area is 114 Å². The first-order chi connectivity index (χ1) is 9.11. The van der Waals surface area contributed by atoms with Crippen LogP contribution in [0.25, 0.3) is 0 Å². The smallest absolute Gasteiger partial charge is 0.324 e.